The fraction of sp³-hybridized carbons (Fsp3) is 0.111. The number of carbonyl (C=O) groups is 2. The van der Waals surface area contributed by atoms with Gasteiger partial charge in [-0.25, -0.2) is 0 Å². The number of alkyl halides is 2. The minimum Gasteiger partial charge on any atom is -0.546 e. The van der Waals surface area contributed by atoms with Crippen LogP contribution in [0.5, 0.6) is 11.5 Å². The molecule has 0 aliphatic carbocycles. The number of rotatable bonds is 8. The fourth-order valence-electron chi connectivity index (χ4n) is 1.94. The standard InChI is InChI=1S/C18H14F2O5/c19-18(20)25-16-4-2-1-3-13(16)7-10-15(21)12-5-8-14(9-6-12)24-11-17(22)23/h1-10,18H,11H2,(H,22,23)/p-1/b10-7+. The maximum absolute atomic E-state index is 12.3. The average Bonchev–Trinajstić information content (AvgIpc) is 2.59. The van der Waals surface area contributed by atoms with Crippen molar-refractivity contribution in [1.82, 2.24) is 0 Å². The third kappa shape index (κ3) is 5.72. The zero-order valence-corrected chi connectivity index (χ0v) is 12.9. The summed E-state index contributed by atoms with van der Waals surface area (Å²) >= 11 is 0. The summed E-state index contributed by atoms with van der Waals surface area (Å²) in [6.45, 7) is -3.55. The number of benzene rings is 2. The van der Waals surface area contributed by atoms with Gasteiger partial charge in [0.15, 0.2) is 5.78 Å². The van der Waals surface area contributed by atoms with Gasteiger partial charge in [0.05, 0.1) is 5.97 Å². The van der Waals surface area contributed by atoms with Crippen LogP contribution in [0.4, 0.5) is 8.78 Å². The van der Waals surface area contributed by atoms with E-state index in [0.29, 0.717) is 11.1 Å². The molecule has 0 fully saturated rings. The van der Waals surface area contributed by atoms with E-state index in [9.17, 15) is 23.5 Å². The molecule has 2 aromatic carbocycles. The second kappa shape index (κ2) is 8.58. The van der Waals surface area contributed by atoms with Crippen molar-refractivity contribution in [3.8, 4) is 11.5 Å². The van der Waals surface area contributed by atoms with Crippen LogP contribution in [-0.2, 0) is 4.79 Å². The van der Waals surface area contributed by atoms with E-state index in [2.05, 4.69) is 4.74 Å². The molecule has 0 heterocycles. The number of ether oxygens (including phenoxy) is 2. The van der Waals surface area contributed by atoms with Gasteiger partial charge in [-0.1, -0.05) is 18.2 Å². The highest BCUT2D eigenvalue weighted by Gasteiger charge is 2.08. The maximum Gasteiger partial charge on any atom is 0.387 e. The largest absolute Gasteiger partial charge is 0.546 e. The van der Waals surface area contributed by atoms with Crippen LogP contribution in [0, 0.1) is 0 Å². The lowest BCUT2D eigenvalue weighted by Crippen LogP contribution is -2.28. The zero-order valence-electron chi connectivity index (χ0n) is 12.9. The van der Waals surface area contributed by atoms with Gasteiger partial charge in [-0.15, -0.1) is 0 Å². The van der Waals surface area contributed by atoms with Crippen LogP contribution in [0.1, 0.15) is 15.9 Å². The molecule has 0 unspecified atom stereocenters. The van der Waals surface area contributed by atoms with Gasteiger partial charge in [-0.05, 0) is 42.5 Å². The van der Waals surface area contributed by atoms with Crippen molar-refractivity contribution in [3.05, 3.63) is 65.7 Å². The van der Waals surface area contributed by atoms with Crippen LogP contribution in [0.25, 0.3) is 6.08 Å². The Balaban J connectivity index is 2.06. The normalized spacial score (nSPS) is 10.8. The van der Waals surface area contributed by atoms with Crippen LogP contribution in [-0.4, -0.2) is 25.0 Å². The van der Waals surface area contributed by atoms with E-state index in [1.54, 1.807) is 18.2 Å². The Kier molecular flexibility index (Phi) is 6.22. The van der Waals surface area contributed by atoms with Crippen LogP contribution >= 0.6 is 0 Å². The molecule has 0 amide bonds. The minimum absolute atomic E-state index is 0.0346. The quantitative estimate of drug-likeness (QED) is 0.541. The molecule has 0 atom stereocenters. The summed E-state index contributed by atoms with van der Waals surface area (Å²) in [5.74, 6) is -1.47. The Morgan fingerprint density at radius 1 is 1.08 bits per heavy atom. The van der Waals surface area contributed by atoms with Gasteiger partial charge in [-0.2, -0.15) is 8.78 Å². The third-order valence-electron chi connectivity index (χ3n) is 3.04. The molecule has 0 spiro atoms. The first kappa shape index (κ1) is 18.1. The Morgan fingerprint density at radius 3 is 2.40 bits per heavy atom. The molecule has 0 N–H and O–H groups in total. The molecule has 5 nitrogen and oxygen atoms in total. The van der Waals surface area contributed by atoms with Crippen molar-refractivity contribution >= 4 is 17.8 Å². The number of halogens is 2. The highest BCUT2D eigenvalue weighted by molar-refractivity contribution is 6.07. The lowest BCUT2D eigenvalue weighted by molar-refractivity contribution is -0.307. The summed E-state index contributed by atoms with van der Waals surface area (Å²) in [5.41, 5.74) is 0.661. The number of carboxylic acid groups (broad SMARTS) is 1. The van der Waals surface area contributed by atoms with Gasteiger partial charge < -0.3 is 19.4 Å². The van der Waals surface area contributed by atoms with Crippen LogP contribution < -0.4 is 14.6 Å². The molecule has 25 heavy (non-hydrogen) atoms. The Hall–Kier alpha value is -3.22. The molecule has 0 aromatic heterocycles. The maximum atomic E-state index is 12.3. The highest BCUT2D eigenvalue weighted by Crippen LogP contribution is 2.22. The van der Waals surface area contributed by atoms with Crippen molar-refractivity contribution in [2.75, 3.05) is 6.61 Å². The number of carbonyl (C=O) groups excluding carboxylic acids is 2. The summed E-state index contributed by atoms with van der Waals surface area (Å²) in [6.07, 6.45) is 2.60. The molecule has 0 aliphatic heterocycles. The molecular formula is C18H13F2O5-. The first-order valence-electron chi connectivity index (χ1n) is 7.14. The zero-order chi connectivity index (χ0) is 18.2. The number of carboxylic acids is 1. The molecule has 2 rings (SSSR count). The van der Waals surface area contributed by atoms with Crippen LogP contribution in [0.2, 0.25) is 0 Å². The van der Waals surface area contributed by atoms with Crippen molar-refractivity contribution in [3.63, 3.8) is 0 Å². The first-order chi connectivity index (χ1) is 12.0. The number of hydrogen-bond acceptors (Lipinski definition) is 5. The summed E-state index contributed by atoms with van der Waals surface area (Å²) < 4.78 is 34.0. The SMILES string of the molecule is O=C([O-])COc1ccc(C(=O)/C=C/c2ccccc2OC(F)F)cc1. The summed E-state index contributed by atoms with van der Waals surface area (Å²) in [4.78, 5) is 22.4. The smallest absolute Gasteiger partial charge is 0.387 e. The topological polar surface area (TPSA) is 75.7 Å². The Labute approximate surface area is 142 Å². The van der Waals surface area contributed by atoms with Gasteiger partial charge in [0.25, 0.3) is 0 Å². The molecule has 2 aromatic rings. The molecular weight excluding hydrogens is 334 g/mol. The van der Waals surface area contributed by atoms with E-state index >= 15 is 0 Å². The first-order valence-corrected chi connectivity index (χ1v) is 7.14. The highest BCUT2D eigenvalue weighted by atomic mass is 19.3. The number of hydrogen-bond donors (Lipinski definition) is 0. The predicted molar refractivity (Wildman–Crippen MR) is 83.4 cm³/mol. The third-order valence-corrected chi connectivity index (χ3v) is 3.04. The van der Waals surface area contributed by atoms with Gasteiger partial charge in [0.2, 0.25) is 0 Å². The molecule has 0 saturated heterocycles. The monoisotopic (exact) mass is 347 g/mol. The predicted octanol–water partition coefficient (Wildman–Crippen LogP) is 2.31. The van der Waals surface area contributed by atoms with Crippen molar-refractivity contribution in [1.29, 1.82) is 0 Å². The number of ketones is 1. The molecule has 0 bridgehead atoms. The lowest BCUT2D eigenvalue weighted by atomic mass is 10.1. The molecule has 0 saturated carbocycles. The summed E-state index contributed by atoms with van der Waals surface area (Å²) in [6, 6.07) is 11.9. The lowest BCUT2D eigenvalue weighted by Gasteiger charge is -2.07. The summed E-state index contributed by atoms with van der Waals surface area (Å²) in [7, 11) is 0. The van der Waals surface area contributed by atoms with E-state index in [-0.39, 0.29) is 17.3 Å². The molecule has 0 aliphatic rings. The van der Waals surface area contributed by atoms with E-state index in [1.807, 2.05) is 0 Å². The van der Waals surface area contributed by atoms with Gasteiger partial charge in [0.1, 0.15) is 18.1 Å². The summed E-state index contributed by atoms with van der Waals surface area (Å²) in [5, 5.41) is 10.3. The minimum atomic E-state index is -2.96. The van der Waals surface area contributed by atoms with E-state index in [4.69, 9.17) is 4.74 Å². The van der Waals surface area contributed by atoms with Crippen molar-refractivity contribution in [2.45, 2.75) is 6.61 Å². The van der Waals surface area contributed by atoms with E-state index in [0.717, 1.165) is 0 Å². The molecule has 130 valence electrons. The number of allylic oxidation sites excluding steroid dienone is 1. The van der Waals surface area contributed by atoms with Crippen LogP contribution in [0.15, 0.2) is 54.6 Å². The van der Waals surface area contributed by atoms with Gasteiger partial charge in [0, 0.05) is 11.1 Å². The second-order valence-corrected chi connectivity index (χ2v) is 4.80. The molecule has 7 heteroatoms. The second-order valence-electron chi connectivity index (χ2n) is 4.80. The van der Waals surface area contributed by atoms with Gasteiger partial charge in [-0.3, -0.25) is 4.79 Å². The fourth-order valence-corrected chi connectivity index (χ4v) is 1.94. The van der Waals surface area contributed by atoms with Crippen molar-refractivity contribution < 1.29 is 33.0 Å². The Bertz CT molecular complexity index is 769. The Morgan fingerprint density at radius 2 is 1.76 bits per heavy atom. The number of para-hydroxylation sites is 1. The van der Waals surface area contributed by atoms with Crippen LogP contribution in [0.3, 0.4) is 0 Å². The molecule has 0 radical (unpaired) electrons. The van der Waals surface area contributed by atoms with Crippen molar-refractivity contribution in [2.24, 2.45) is 0 Å². The van der Waals surface area contributed by atoms with E-state index < -0.39 is 19.2 Å². The van der Waals surface area contributed by atoms with Gasteiger partial charge >= 0.3 is 6.61 Å². The number of aliphatic carboxylic acids is 1. The van der Waals surface area contributed by atoms with E-state index in [1.165, 1.54) is 42.5 Å². The average molecular weight is 347 g/mol.